The zero-order valence-corrected chi connectivity index (χ0v) is 19.3. The summed E-state index contributed by atoms with van der Waals surface area (Å²) in [5.41, 5.74) is -1.66. The van der Waals surface area contributed by atoms with Crippen LogP contribution < -0.4 is 0 Å². The molecule has 0 saturated heterocycles. The molecule has 178 valence electrons. The van der Waals surface area contributed by atoms with Gasteiger partial charge in [-0.1, -0.05) is 19.4 Å². The Labute approximate surface area is 188 Å². The average Bonchev–Trinajstić information content (AvgIpc) is 3.02. The van der Waals surface area contributed by atoms with Crippen molar-refractivity contribution < 1.29 is 38.8 Å². The second kappa shape index (κ2) is 7.83. The zero-order valence-electron chi connectivity index (χ0n) is 19.3. The first kappa shape index (κ1) is 23.2. The summed E-state index contributed by atoms with van der Waals surface area (Å²) in [5.74, 6) is -0.547. The minimum absolute atomic E-state index is 0.0193. The molecule has 0 spiro atoms. The maximum absolute atomic E-state index is 12.6. The van der Waals surface area contributed by atoms with Crippen LogP contribution in [0.25, 0.3) is 0 Å². The third kappa shape index (κ3) is 3.13. The van der Waals surface area contributed by atoms with Crippen molar-refractivity contribution >= 4 is 17.9 Å². The Hall–Kier alpha value is -1.93. The molecule has 8 atom stereocenters. The molecule has 4 rings (SSSR count). The highest BCUT2D eigenvalue weighted by Crippen LogP contribution is 2.68. The number of hydrogen-bond acceptors (Lipinski definition) is 8. The number of aliphatic hydroxyl groups excluding tert-OH is 1. The summed E-state index contributed by atoms with van der Waals surface area (Å²) in [4.78, 5) is 36.5. The molecule has 2 N–H and O–H groups in total. The van der Waals surface area contributed by atoms with E-state index in [1.807, 2.05) is 6.92 Å². The Bertz CT molecular complexity index is 851. The van der Waals surface area contributed by atoms with Crippen LogP contribution in [-0.2, 0) is 23.8 Å². The second-order valence-corrected chi connectivity index (χ2v) is 10.5. The van der Waals surface area contributed by atoms with Gasteiger partial charge < -0.3 is 24.4 Å². The van der Waals surface area contributed by atoms with Gasteiger partial charge in [0.1, 0.15) is 5.60 Å². The van der Waals surface area contributed by atoms with Gasteiger partial charge in [-0.3, -0.25) is 4.79 Å². The summed E-state index contributed by atoms with van der Waals surface area (Å²) in [5, 5.41) is 23.3. The fraction of sp³-hybridized carbons (Fsp3) is 0.792. The lowest BCUT2D eigenvalue weighted by atomic mass is 9.45. The molecule has 3 fully saturated rings. The number of esters is 1. The average molecular weight is 451 g/mol. The number of ether oxygens (including phenoxy) is 3. The van der Waals surface area contributed by atoms with Crippen molar-refractivity contribution in [2.24, 2.45) is 28.6 Å². The quantitative estimate of drug-likeness (QED) is 0.630. The molecule has 4 aliphatic rings. The largest absolute Gasteiger partial charge is 0.508 e. The monoisotopic (exact) mass is 450 g/mol. The van der Waals surface area contributed by atoms with Crippen LogP contribution in [0.1, 0.15) is 58.8 Å². The summed E-state index contributed by atoms with van der Waals surface area (Å²) in [6.07, 6.45) is 2.43. The first-order valence-corrected chi connectivity index (χ1v) is 11.5. The van der Waals surface area contributed by atoms with E-state index in [1.165, 1.54) is 7.11 Å². The third-order valence-corrected chi connectivity index (χ3v) is 9.34. The highest BCUT2D eigenvalue weighted by Gasteiger charge is 2.70. The molecule has 0 unspecified atom stereocenters. The number of fused-ring (bicyclic) bond motifs is 5. The van der Waals surface area contributed by atoms with Crippen LogP contribution >= 0.6 is 0 Å². The molecule has 3 saturated carbocycles. The molecule has 0 bridgehead atoms. The van der Waals surface area contributed by atoms with E-state index in [4.69, 9.17) is 9.47 Å². The molecule has 0 aliphatic heterocycles. The number of allylic oxidation sites excluding steroid dienone is 1. The Balaban J connectivity index is 1.71. The molecule has 0 radical (unpaired) electrons. The minimum Gasteiger partial charge on any atom is -0.466 e. The van der Waals surface area contributed by atoms with E-state index in [2.05, 4.69) is 11.7 Å². The summed E-state index contributed by atoms with van der Waals surface area (Å²) in [7, 11) is 2.32. The Morgan fingerprint density at radius 2 is 1.84 bits per heavy atom. The second-order valence-electron chi connectivity index (χ2n) is 10.5. The number of carbonyl (C=O) groups excluding carboxylic acids is 3. The highest BCUT2D eigenvalue weighted by atomic mass is 16.7. The molecule has 4 aliphatic carbocycles. The van der Waals surface area contributed by atoms with E-state index in [9.17, 15) is 24.6 Å². The number of hydrogen-bond donors (Lipinski definition) is 2. The van der Waals surface area contributed by atoms with Crippen molar-refractivity contribution in [3.05, 3.63) is 11.6 Å². The summed E-state index contributed by atoms with van der Waals surface area (Å²) >= 11 is 0. The lowest BCUT2D eigenvalue weighted by molar-refractivity contribution is -0.213. The first-order valence-electron chi connectivity index (χ1n) is 11.5. The zero-order chi connectivity index (χ0) is 23.5. The number of aliphatic hydroxyl groups is 2. The van der Waals surface area contributed by atoms with Crippen molar-refractivity contribution in [1.82, 2.24) is 0 Å². The molecule has 0 aromatic heterocycles. The van der Waals surface area contributed by atoms with Gasteiger partial charge in [-0.25, -0.2) is 9.59 Å². The van der Waals surface area contributed by atoms with Crippen molar-refractivity contribution in [1.29, 1.82) is 0 Å². The van der Waals surface area contributed by atoms with Gasteiger partial charge in [0.25, 0.3) is 0 Å². The normalized spacial score (nSPS) is 43.8. The fourth-order valence-corrected chi connectivity index (χ4v) is 7.75. The van der Waals surface area contributed by atoms with Crippen LogP contribution in [0.15, 0.2) is 11.6 Å². The van der Waals surface area contributed by atoms with Gasteiger partial charge in [0.2, 0.25) is 6.10 Å². The minimum atomic E-state index is -1.69. The summed E-state index contributed by atoms with van der Waals surface area (Å²) in [6.45, 7) is 4.05. The lowest BCUT2D eigenvalue weighted by Crippen LogP contribution is -2.64. The van der Waals surface area contributed by atoms with Gasteiger partial charge in [0, 0.05) is 11.8 Å². The summed E-state index contributed by atoms with van der Waals surface area (Å²) in [6, 6.07) is 0. The van der Waals surface area contributed by atoms with Gasteiger partial charge in [0.15, 0.2) is 5.78 Å². The first-order chi connectivity index (χ1) is 15.0. The van der Waals surface area contributed by atoms with E-state index in [1.54, 1.807) is 6.08 Å². The molecule has 32 heavy (non-hydrogen) atoms. The Morgan fingerprint density at radius 3 is 2.50 bits per heavy atom. The van der Waals surface area contributed by atoms with Gasteiger partial charge in [-0.05, 0) is 67.8 Å². The predicted octanol–water partition coefficient (Wildman–Crippen LogP) is 2.54. The van der Waals surface area contributed by atoms with E-state index < -0.39 is 35.3 Å². The van der Waals surface area contributed by atoms with E-state index in [0.717, 1.165) is 31.9 Å². The third-order valence-electron chi connectivity index (χ3n) is 9.34. The molecule has 0 aromatic carbocycles. The van der Waals surface area contributed by atoms with Crippen molar-refractivity contribution in [2.45, 2.75) is 76.6 Å². The Kier molecular flexibility index (Phi) is 5.69. The maximum Gasteiger partial charge on any atom is 0.508 e. The van der Waals surface area contributed by atoms with Crippen molar-refractivity contribution in [3.8, 4) is 0 Å². The molecule has 0 heterocycles. The predicted molar refractivity (Wildman–Crippen MR) is 112 cm³/mol. The number of methoxy groups -OCH3 is 2. The molecule has 0 amide bonds. The molecule has 8 nitrogen and oxygen atoms in total. The van der Waals surface area contributed by atoms with Gasteiger partial charge >= 0.3 is 12.1 Å². The summed E-state index contributed by atoms with van der Waals surface area (Å²) < 4.78 is 14.7. The van der Waals surface area contributed by atoms with E-state index in [0.29, 0.717) is 12.8 Å². The molecular weight excluding hydrogens is 416 g/mol. The van der Waals surface area contributed by atoms with Crippen molar-refractivity contribution in [2.75, 3.05) is 14.2 Å². The number of ketones is 1. The highest BCUT2D eigenvalue weighted by molar-refractivity contribution is 5.91. The number of rotatable bonds is 3. The van der Waals surface area contributed by atoms with Crippen LogP contribution in [0.2, 0.25) is 0 Å². The maximum atomic E-state index is 12.6. The van der Waals surface area contributed by atoms with Crippen LogP contribution in [0.5, 0.6) is 0 Å². The molecular formula is C24H34O8. The van der Waals surface area contributed by atoms with E-state index in [-0.39, 0.29) is 41.8 Å². The Morgan fingerprint density at radius 1 is 1.12 bits per heavy atom. The smallest absolute Gasteiger partial charge is 0.466 e. The lowest BCUT2D eigenvalue weighted by Gasteiger charge is -2.61. The molecule has 8 heteroatoms. The molecule has 0 aromatic rings. The van der Waals surface area contributed by atoms with Crippen LogP contribution in [0.4, 0.5) is 4.79 Å². The fourth-order valence-electron chi connectivity index (χ4n) is 7.75. The van der Waals surface area contributed by atoms with Crippen LogP contribution in [0.3, 0.4) is 0 Å². The van der Waals surface area contributed by atoms with Crippen LogP contribution in [-0.4, -0.2) is 60.1 Å². The van der Waals surface area contributed by atoms with Gasteiger partial charge in [-0.15, -0.1) is 0 Å². The SMILES string of the molecule is COC(=O)O[C@H](C(=O)OC)[C@@]1(O)CC[C@H]2[C@@H]3CCC4=CC(=O)CC[C@]4(C)[C@H]3[C@@H](O)C[C@@]21C. The van der Waals surface area contributed by atoms with Gasteiger partial charge in [0.05, 0.1) is 20.3 Å². The van der Waals surface area contributed by atoms with Gasteiger partial charge in [-0.2, -0.15) is 0 Å². The van der Waals surface area contributed by atoms with Crippen molar-refractivity contribution in [3.63, 3.8) is 0 Å². The number of carbonyl (C=O) groups is 3. The van der Waals surface area contributed by atoms with E-state index >= 15 is 0 Å². The van der Waals surface area contributed by atoms with Crippen LogP contribution in [0, 0.1) is 28.6 Å². The topological polar surface area (TPSA) is 119 Å². The standard InChI is InChI=1S/C24H34O8/c1-22-9-7-14(25)11-13(22)5-6-15-16-8-10-24(29,23(16,2)12-17(26)18(15)22)19(20(27)30-3)32-21(28)31-4/h11,15-19,26,29H,5-10,12H2,1-4H3/t15-,16-,17-,18+,19+,22-,23-,24-/m0/s1.